The lowest BCUT2D eigenvalue weighted by molar-refractivity contribution is -0.147. The molecule has 0 radical (unpaired) electrons. The molecule has 2 aromatic carbocycles. The van der Waals surface area contributed by atoms with E-state index in [0.717, 1.165) is 0 Å². The molecule has 0 saturated heterocycles. The fraction of sp³-hybridized carbons (Fsp3) is 0.176. The predicted molar refractivity (Wildman–Crippen MR) is 89.7 cm³/mol. The molecule has 7 heteroatoms. The molecule has 0 heterocycles. The Hall–Kier alpha value is -2.11. The lowest BCUT2D eigenvalue weighted by atomic mass is 10.1. The summed E-state index contributed by atoms with van der Waals surface area (Å²) in [5.74, 6) is -1.45. The summed E-state index contributed by atoms with van der Waals surface area (Å²) in [6.07, 6.45) is -0.556. The molecule has 126 valence electrons. The maximum Gasteiger partial charge on any atom is 0.326 e. The zero-order valence-corrected chi connectivity index (χ0v) is 14.2. The van der Waals surface area contributed by atoms with Crippen molar-refractivity contribution in [2.24, 2.45) is 0 Å². The molecule has 0 aliphatic heterocycles. The lowest BCUT2D eigenvalue weighted by Crippen LogP contribution is -2.31. The van der Waals surface area contributed by atoms with Crippen molar-refractivity contribution in [3.8, 4) is 0 Å². The molecule has 0 aliphatic rings. The largest absolute Gasteiger partial charge is 0.456 e. The minimum Gasteiger partial charge on any atom is -0.456 e. The number of benzene rings is 2. The first-order chi connectivity index (χ1) is 11.4. The van der Waals surface area contributed by atoms with Gasteiger partial charge in [-0.05, 0) is 42.8 Å². The SMILES string of the molecule is CC(OC(=O)CNC(=O)c1ccc(Cl)c(Cl)c1)c1ccc(F)cc1. The van der Waals surface area contributed by atoms with E-state index in [0.29, 0.717) is 10.6 Å². The monoisotopic (exact) mass is 369 g/mol. The van der Waals surface area contributed by atoms with Gasteiger partial charge in [-0.2, -0.15) is 0 Å². The van der Waals surface area contributed by atoms with E-state index < -0.39 is 18.0 Å². The third kappa shape index (κ3) is 4.94. The van der Waals surface area contributed by atoms with Crippen LogP contribution in [-0.4, -0.2) is 18.4 Å². The highest BCUT2D eigenvalue weighted by Gasteiger charge is 2.14. The maximum absolute atomic E-state index is 12.9. The average Bonchev–Trinajstić information content (AvgIpc) is 2.55. The van der Waals surface area contributed by atoms with Crippen LogP contribution in [0.3, 0.4) is 0 Å². The summed E-state index contributed by atoms with van der Waals surface area (Å²) in [5, 5.41) is 3.02. The molecular weight excluding hydrogens is 356 g/mol. The minimum atomic E-state index is -0.611. The van der Waals surface area contributed by atoms with Crippen LogP contribution in [0.2, 0.25) is 10.0 Å². The van der Waals surface area contributed by atoms with Crippen molar-refractivity contribution in [3.05, 3.63) is 69.5 Å². The third-order valence-electron chi connectivity index (χ3n) is 3.22. The fourth-order valence-corrected chi connectivity index (χ4v) is 2.23. The Bertz CT molecular complexity index is 750. The van der Waals surface area contributed by atoms with Gasteiger partial charge in [0.1, 0.15) is 18.5 Å². The first-order valence-corrected chi connectivity index (χ1v) is 7.80. The summed E-state index contributed by atoms with van der Waals surface area (Å²) in [5.41, 5.74) is 0.935. The Morgan fingerprint density at radius 3 is 2.42 bits per heavy atom. The van der Waals surface area contributed by atoms with Crippen molar-refractivity contribution < 1.29 is 18.7 Å². The molecule has 24 heavy (non-hydrogen) atoms. The highest BCUT2D eigenvalue weighted by Crippen LogP contribution is 2.22. The molecule has 0 spiro atoms. The number of amides is 1. The highest BCUT2D eigenvalue weighted by molar-refractivity contribution is 6.42. The van der Waals surface area contributed by atoms with E-state index in [2.05, 4.69) is 5.32 Å². The first-order valence-electron chi connectivity index (χ1n) is 7.05. The van der Waals surface area contributed by atoms with Gasteiger partial charge in [-0.15, -0.1) is 0 Å². The van der Waals surface area contributed by atoms with Gasteiger partial charge >= 0.3 is 5.97 Å². The van der Waals surface area contributed by atoms with Gasteiger partial charge in [-0.1, -0.05) is 35.3 Å². The second kappa shape index (κ2) is 8.13. The quantitative estimate of drug-likeness (QED) is 0.804. The molecule has 2 aromatic rings. The number of halogens is 3. The second-order valence-corrected chi connectivity index (χ2v) is 5.81. The Morgan fingerprint density at radius 1 is 1.12 bits per heavy atom. The molecule has 0 aromatic heterocycles. The van der Waals surface area contributed by atoms with Crippen LogP contribution in [0.5, 0.6) is 0 Å². The third-order valence-corrected chi connectivity index (χ3v) is 3.96. The van der Waals surface area contributed by atoms with E-state index in [1.807, 2.05) is 0 Å². The summed E-state index contributed by atoms with van der Waals surface area (Å²) >= 11 is 11.6. The first kappa shape index (κ1) is 18.2. The molecule has 1 amide bonds. The molecule has 4 nitrogen and oxygen atoms in total. The van der Waals surface area contributed by atoms with Gasteiger partial charge in [0.2, 0.25) is 0 Å². The van der Waals surface area contributed by atoms with Crippen molar-refractivity contribution in [3.63, 3.8) is 0 Å². The summed E-state index contributed by atoms with van der Waals surface area (Å²) in [6, 6.07) is 10.0. The maximum atomic E-state index is 12.9. The molecule has 2 rings (SSSR count). The van der Waals surface area contributed by atoms with Crippen molar-refractivity contribution in [2.75, 3.05) is 6.54 Å². The summed E-state index contributed by atoms with van der Waals surface area (Å²) in [6.45, 7) is 1.36. The second-order valence-electron chi connectivity index (χ2n) is 5.00. The van der Waals surface area contributed by atoms with Crippen LogP contribution in [0.1, 0.15) is 28.9 Å². The van der Waals surface area contributed by atoms with Gasteiger partial charge in [-0.25, -0.2) is 4.39 Å². The zero-order chi connectivity index (χ0) is 17.7. The Labute approximate surface area is 148 Å². The predicted octanol–water partition coefficient (Wildman–Crippen LogP) is 4.17. The standard InChI is InChI=1S/C17H14Cl2FNO3/c1-10(11-2-5-13(20)6-3-11)24-16(22)9-21-17(23)12-4-7-14(18)15(19)8-12/h2-8,10H,9H2,1H3,(H,21,23). The number of hydrogen-bond donors (Lipinski definition) is 1. The number of rotatable bonds is 5. The van der Waals surface area contributed by atoms with Crippen LogP contribution in [-0.2, 0) is 9.53 Å². The number of nitrogens with one attached hydrogen (secondary N) is 1. The van der Waals surface area contributed by atoms with Gasteiger partial charge in [-0.3, -0.25) is 9.59 Å². The van der Waals surface area contributed by atoms with Crippen molar-refractivity contribution in [1.29, 1.82) is 0 Å². The van der Waals surface area contributed by atoms with Gasteiger partial charge in [0.15, 0.2) is 0 Å². The van der Waals surface area contributed by atoms with Crippen LogP contribution in [0, 0.1) is 5.82 Å². The molecule has 1 N–H and O–H groups in total. The molecule has 0 bridgehead atoms. The Morgan fingerprint density at radius 2 is 1.79 bits per heavy atom. The van der Waals surface area contributed by atoms with E-state index >= 15 is 0 Å². The minimum absolute atomic E-state index is 0.247. The van der Waals surface area contributed by atoms with E-state index in [1.165, 1.54) is 42.5 Å². The van der Waals surface area contributed by atoms with Crippen LogP contribution >= 0.6 is 23.2 Å². The summed E-state index contributed by atoms with van der Waals surface area (Å²) in [4.78, 5) is 23.7. The Kier molecular flexibility index (Phi) is 6.17. The van der Waals surface area contributed by atoms with Crippen molar-refractivity contribution in [1.82, 2.24) is 5.32 Å². The van der Waals surface area contributed by atoms with E-state index in [1.54, 1.807) is 6.92 Å². The van der Waals surface area contributed by atoms with Crippen molar-refractivity contribution >= 4 is 35.1 Å². The average molecular weight is 370 g/mol. The lowest BCUT2D eigenvalue weighted by Gasteiger charge is -2.14. The topological polar surface area (TPSA) is 55.4 Å². The molecule has 0 aliphatic carbocycles. The molecular formula is C17H14Cl2FNO3. The number of carbonyl (C=O) groups excluding carboxylic acids is 2. The number of ether oxygens (including phenoxy) is 1. The zero-order valence-electron chi connectivity index (χ0n) is 12.7. The molecule has 1 atom stereocenters. The van der Waals surface area contributed by atoms with Crippen LogP contribution in [0.15, 0.2) is 42.5 Å². The van der Waals surface area contributed by atoms with Gasteiger partial charge < -0.3 is 10.1 Å². The fourth-order valence-electron chi connectivity index (χ4n) is 1.93. The summed E-state index contributed by atoms with van der Waals surface area (Å²) in [7, 11) is 0. The molecule has 0 saturated carbocycles. The normalized spacial score (nSPS) is 11.7. The smallest absolute Gasteiger partial charge is 0.326 e. The van der Waals surface area contributed by atoms with Crippen LogP contribution < -0.4 is 5.32 Å². The van der Waals surface area contributed by atoms with E-state index in [9.17, 15) is 14.0 Å². The number of esters is 1. The number of hydrogen-bond acceptors (Lipinski definition) is 3. The van der Waals surface area contributed by atoms with E-state index in [-0.39, 0.29) is 22.9 Å². The van der Waals surface area contributed by atoms with Crippen LogP contribution in [0.25, 0.3) is 0 Å². The highest BCUT2D eigenvalue weighted by atomic mass is 35.5. The molecule has 1 unspecified atom stereocenters. The molecule has 0 fully saturated rings. The van der Waals surface area contributed by atoms with Gasteiger partial charge in [0.05, 0.1) is 10.0 Å². The van der Waals surface area contributed by atoms with Crippen LogP contribution in [0.4, 0.5) is 4.39 Å². The van der Waals surface area contributed by atoms with Crippen molar-refractivity contribution in [2.45, 2.75) is 13.0 Å². The number of carbonyl (C=O) groups is 2. The summed E-state index contributed by atoms with van der Waals surface area (Å²) < 4.78 is 18.0. The Balaban J connectivity index is 1.87. The van der Waals surface area contributed by atoms with Gasteiger partial charge in [0, 0.05) is 5.56 Å². The van der Waals surface area contributed by atoms with E-state index in [4.69, 9.17) is 27.9 Å². The van der Waals surface area contributed by atoms with Gasteiger partial charge in [0.25, 0.3) is 5.91 Å².